The Hall–Kier alpha value is -3.49. The molecule has 2 aromatic heterocycles. The first kappa shape index (κ1) is 20.2. The van der Waals surface area contributed by atoms with Crippen LogP contribution in [0.15, 0.2) is 29.2 Å². The van der Waals surface area contributed by atoms with Crippen molar-refractivity contribution in [2.75, 3.05) is 13.2 Å². The van der Waals surface area contributed by atoms with Crippen LogP contribution in [0, 0.1) is 20.8 Å². The van der Waals surface area contributed by atoms with E-state index in [1.807, 2.05) is 32.0 Å². The number of hydrogen-bond acceptors (Lipinski definition) is 6. The molecule has 9 nitrogen and oxygen atoms in total. The van der Waals surface area contributed by atoms with Crippen LogP contribution in [0.4, 0.5) is 0 Å². The summed E-state index contributed by atoms with van der Waals surface area (Å²) in [6.07, 6.45) is 1.60. The molecule has 1 amide bonds. The topological polar surface area (TPSA) is 108 Å². The van der Waals surface area contributed by atoms with Gasteiger partial charge in [0.2, 0.25) is 5.91 Å². The molecule has 0 fully saturated rings. The van der Waals surface area contributed by atoms with E-state index in [1.165, 1.54) is 0 Å². The first-order valence-electron chi connectivity index (χ1n) is 9.27. The average molecular weight is 397 g/mol. The van der Waals surface area contributed by atoms with Gasteiger partial charge in [-0.2, -0.15) is 10.2 Å². The summed E-state index contributed by atoms with van der Waals surface area (Å²) in [4.78, 5) is 36.6. The Morgan fingerprint density at radius 1 is 1.21 bits per heavy atom. The van der Waals surface area contributed by atoms with Gasteiger partial charge >= 0.3 is 5.97 Å². The molecule has 0 radical (unpaired) electrons. The van der Waals surface area contributed by atoms with Crippen LogP contribution in [0.25, 0.3) is 16.6 Å². The summed E-state index contributed by atoms with van der Waals surface area (Å²) < 4.78 is 7.43. The second kappa shape index (κ2) is 8.26. The molecule has 3 aromatic rings. The lowest BCUT2D eigenvalue weighted by molar-refractivity contribution is -0.143. The zero-order valence-corrected chi connectivity index (χ0v) is 16.9. The molecule has 0 aliphatic rings. The van der Waals surface area contributed by atoms with Gasteiger partial charge in [-0.1, -0.05) is 17.7 Å². The van der Waals surface area contributed by atoms with Crippen molar-refractivity contribution in [3.05, 3.63) is 51.6 Å². The summed E-state index contributed by atoms with van der Waals surface area (Å²) in [6, 6.07) is 5.87. The fraction of sp³-hybridized carbons (Fsp3) is 0.350. The number of hydrogen-bond donors (Lipinski definition) is 1. The molecule has 0 bridgehead atoms. The summed E-state index contributed by atoms with van der Waals surface area (Å²) in [5.74, 6) is -1.05. The molecule has 29 heavy (non-hydrogen) atoms. The lowest BCUT2D eigenvalue weighted by atomic mass is 10.1. The second-order valence-electron chi connectivity index (χ2n) is 6.74. The Balaban J connectivity index is 1.96. The van der Waals surface area contributed by atoms with E-state index in [4.69, 9.17) is 4.74 Å². The molecule has 0 atom stereocenters. The van der Waals surface area contributed by atoms with Crippen molar-refractivity contribution in [2.24, 2.45) is 0 Å². The normalized spacial score (nSPS) is 10.9. The molecule has 152 valence electrons. The molecule has 0 aliphatic heterocycles. The van der Waals surface area contributed by atoms with E-state index in [0.717, 1.165) is 21.5 Å². The highest BCUT2D eigenvalue weighted by Crippen LogP contribution is 2.20. The van der Waals surface area contributed by atoms with E-state index in [-0.39, 0.29) is 19.7 Å². The first-order valence-corrected chi connectivity index (χ1v) is 9.27. The summed E-state index contributed by atoms with van der Waals surface area (Å²) in [5.41, 5.74) is 3.36. The molecule has 1 N–H and O–H groups in total. The van der Waals surface area contributed by atoms with E-state index < -0.39 is 17.4 Å². The van der Waals surface area contributed by atoms with Crippen molar-refractivity contribution >= 4 is 22.8 Å². The molecule has 0 unspecified atom stereocenters. The number of carbonyl (C=O) groups excluding carboxylic acids is 2. The Labute approximate surface area is 167 Å². The molecule has 3 rings (SSSR count). The first-order chi connectivity index (χ1) is 13.8. The van der Waals surface area contributed by atoms with Gasteiger partial charge in [0.25, 0.3) is 5.56 Å². The van der Waals surface area contributed by atoms with Crippen LogP contribution in [-0.4, -0.2) is 44.6 Å². The fourth-order valence-electron chi connectivity index (χ4n) is 3.13. The van der Waals surface area contributed by atoms with E-state index in [2.05, 4.69) is 15.5 Å². The fourth-order valence-corrected chi connectivity index (χ4v) is 3.13. The van der Waals surface area contributed by atoms with Crippen LogP contribution in [0.5, 0.6) is 0 Å². The minimum absolute atomic E-state index is 0.230. The number of nitrogens with one attached hydrogen (secondary N) is 1. The van der Waals surface area contributed by atoms with Gasteiger partial charge in [0.05, 0.1) is 24.2 Å². The lowest BCUT2D eigenvalue weighted by Crippen LogP contribution is -2.37. The standard InChI is InChI=1S/C20H23N5O4/c1-5-29-18(27)10-21-17(26)11-24-20(28)19-15(14(4)23-24)9-22-25(19)16-7-6-12(2)8-13(16)3/h6-9H,5,10-11H2,1-4H3,(H,21,26). The number of ether oxygens (including phenoxy) is 1. The Bertz CT molecular complexity index is 1150. The number of fused-ring (bicyclic) bond motifs is 1. The summed E-state index contributed by atoms with van der Waals surface area (Å²) >= 11 is 0. The number of aromatic nitrogens is 4. The molecule has 9 heteroatoms. The van der Waals surface area contributed by atoms with E-state index in [9.17, 15) is 14.4 Å². The van der Waals surface area contributed by atoms with Crippen molar-refractivity contribution in [3.8, 4) is 5.69 Å². The average Bonchev–Trinajstić information content (AvgIpc) is 3.10. The molecule has 0 saturated heterocycles. The maximum absolute atomic E-state index is 13.1. The predicted octanol–water partition coefficient (Wildman–Crippen LogP) is 1.19. The van der Waals surface area contributed by atoms with Crippen molar-refractivity contribution in [2.45, 2.75) is 34.2 Å². The Morgan fingerprint density at radius 2 is 1.97 bits per heavy atom. The lowest BCUT2D eigenvalue weighted by Gasteiger charge is -2.11. The molecular formula is C20H23N5O4. The molecule has 0 aliphatic carbocycles. The van der Waals surface area contributed by atoms with E-state index >= 15 is 0 Å². The SMILES string of the molecule is CCOC(=O)CNC(=O)Cn1nc(C)c2cnn(-c3ccc(C)cc3C)c2c1=O. The molecule has 1 aromatic carbocycles. The second-order valence-corrected chi connectivity index (χ2v) is 6.74. The highest BCUT2D eigenvalue weighted by atomic mass is 16.5. The van der Waals surface area contributed by atoms with Gasteiger partial charge in [-0.15, -0.1) is 0 Å². The van der Waals surface area contributed by atoms with E-state index in [1.54, 1.807) is 24.7 Å². The number of aryl methyl sites for hydroxylation is 3. The maximum Gasteiger partial charge on any atom is 0.325 e. The van der Waals surface area contributed by atoms with Gasteiger partial charge in [-0.05, 0) is 39.3 Å². The Kier molecular flexibility index (Phi) is 5.76. The van der Waals surface area contributed by atoms with Crippen molar-refractivity contribution in [1.29, 1.82) is 0 Å². The quantitative estimate of drug-likeness (QED) is 0.626. The van der Waals surface area contributed by atoms with Crippen molar-refractivity contribution in [3.63, 3.8) is 0 Å². The highest BCUT2D eigenvalue weighted by molar-refractivity contribution is 5.83. The van der Waals surface area contributed by atoms with Gasteiger partial charge < -0.3 is 10.1 Å². The summed E-state index contributed by atoms with van der Waals surface area (Å²) in [5, 5.41) is 11.7. The molecule has 0 spiro atoms. The third kappa shape index (κ3) is 4.18. The van der Waals surface area contributed by atoms with Crippen LogP contribution in [-0.2, 0) is 20.9 Å². The largest absolute Gasteiger partial charge is 0.465 e. The molecule has 0 saturated carbocycles. The number of carbonyl (C=O) groups is 2. The zero-order valence-electron chi connectivity index (χ0n) is 16.9. The van der Waals surface area contributed by atoms with Crippen molar-refractivity contribution in [1.82, 2.24) is 24.9 Å². The molecule has 2 heterocycles. The number of rotatable bonds is 6. The summed E-state index contributed by atoms with van der Waals surface area (Å²) in [7, 11) is 0. The van der Waals surface area contributed by atoms with Gasteiger partial charge in [0, 0.05) is 5.39 Å². The minimum atomic E-state index is -0.541. The van der Waals surface area contributed by atoms with Crippen LogP contribution >= 0.6 is 0 Å². The van der Waals surface area contributed by atoms with Crippen LogP contribution in [0.2, 0.25) is 0 Å². The number of nitrogens with zero attached hydrogens (tertiary/aromatic N) is 4. The van der Waals surface area contributed by atoms with E-state index in [0.29, 0.717) is 16.6 Å². The smallest absolute Gasteiger partial charge is 0.325 e. The minimum Gasteiger partial charge on any atom is -0.465 e. The zero-order chi connectivity index (χ0) is 21.1. The highest BCUT2D eigenvalue weighted by Gasteiger charge is 2.17. The van der Waals surface area contributed by atoms with Gasteiger partial charge in [-0.3, -0.25) is 14.4 Å². The monoisotopic (exact) mass is 397 g/mol. The van der Waals surface area contributed by atoms with Gasteiger partial charge in [0.1, 0.15) is 18.6 Å². The third-order valence-electron chi connectivity index (χ3n) is 4.48. The van der Waals surface area contributed by atoms with Gasteiger partial charge in [-0.25, -0.2) is 9.36 Å². The predicted molar refractivity (Wildman–Crippen MR) is 107 cm³/mol. The van der Waals surface area contributed by atoms with Crippen LogP contribution in [0.1, 0.15) is 23.7 Å². The van der Waals surface area contributed by atoms with Crippen LogP contribution in [0.3, 0.4) is 0 Å². The number of amides is 1. The maximum atomic E-state index is 13.1. The van der Waals surface area contributed by atoms with Crippen molar-refractivity contribution < 1.29 is 14.3 Å². The Morgan fingerprint density at radius 3 is 2.66 bits per heavy atom. The number of esters is 1. The number of benzene rings is 1. The third-order valence-corrected chi connectivity index (χ3v) is 4.48. The van der Waals surface area contributed by atoms with Crippen LogP contribution < -0.4 is 10.9 Å². The van der Waals surface area contributed by atoms with Gasteiger partial charge in [0.15, 0.2) is 0 Å². The molecular weight excluding hydrogens is 374 g/mol. The summed E-state index contributed by atoms with van der Waals surface area (Å²) in [6.45, 7) is 7.03.